The molecule has 5 nitrogen and oxygen atoms in total. The molecule has 2 aromatic carbocycles. The Morgan fingerprint density at radius 1 is 1.31 bits per heavy atom. The van der Waals surface area contributed by atoms with E-state index >= 15 is 0 Å². The highest BCUT2D eigenvalue weighted by molar-refractivity contribution is 14.1. The summed E-state index contributed by atoms with van der Waals surface area (Å²) in [5, 5.41) is 0. The van der Waals surface area contributed by atoms with Gasteiger partial charge in [0, 0.05) is 5.56 Å². The fourth-order valence-corrected chi connectivity index (χ4v) is 3.36. The van der Waals surface area contributed by atoms with Gasteiger partial charge in [-0.1, -0.05) is 12.6 Å². The van der Waals surface area contributed by atoms with E-state index in [9.17, 15) is 9.18 Å². The molecule has 0 spiro atoms. The molecule has 0 aliphatic carbocycles. The monoisotopic (exact) mass is 507 g/mol. The Morgan fingerprint density at radius 3 is 2.79 bits per heavy atom. The molecule has 0 atom stereocenters. The lowest BCUT2D eigenvalue weighted by Crippen LogP contribution is -2.05. The molecule has 0 saturated carbocycles. The molecular formula is C22H19FINO4. The standard InChI is InChI=1S/C22H19FINO4/c1-4-27-19-10-14(8-17(24)20(19)28-12-13(2)3)9-18-22(26)29-21(25-18)15-6-5-7-16(23)11-15/h5-11H,2,4,12H2,1,3H3. The third-order valence-electron chi connectivity index (χ3n) is 3.79. The summed E-state index contributed by atoms with van der Waals surface area (Å²) in [5.74, 6) is 0.227. The van der Waals surface area contributed by atoms with Crippen molar-refractivity contribution in [3.8, 4) is 11.5 Å². The van der Waals surface area contributed by atoms with Crippen LogP contribution in [0.1, 0.15) is 25.0 Å². The van der Waals surface area contributed by atoms with E-state index in [0.717, 1.165) is 9.14 Å². The predicted octanol–water partition coefficient (Wildman–Crippen LogP) is 5.13. The van der Waals surface area contributed by atoms with Crippen LogP contribution in [0.25, 0.3) is 6.08 Å². The van der Waals surface area contributed by atoms with Gasteiger partial charge in [0.25, 0.3) is 0 Å². The van der Waals surface area contributed by atoms with Crippen LogP contribution in [0.15, 0.2) is 59.2 Å². The zero-order valence-corrected chi connectivity index (χ0v) is 18.2. The number of nitrogens with zero attached hydrogens (tertiary/aromatic N) is 1. The fraction of sp³-hybridized carbons (Fsp3) is 0.182. The van der Waals surface area contributed by atoms with Crippen LogP contribution in [0.3, 0.4) is 0 Å². The molecule has 1 aliphatic heterocycles. The van der Waals surface area contributed by atoms with E-state index in [2.05, 4.69) is 34.2 Å². The summed E-state index contributed by atoms with van der Waals surface area (Å²) in [4.78, 5) is 16.4. The molecular weight excluding hydrogens is 488 g/mol. The van der Waals surface area contributed by atoms with Crippen molar-refractivity contribution in [2.45, 2.75) is 13.8 Å². The molecule has 0 fully saturated rings. The molecule has 0 N–H and O–H groups in total. The third-order valence-corrected chi connectivity index (χ3v) is 4.59. The maximum atomic E-state index is 13.4. The molecule has 0 aromatic heterocycles. The second-order valence-electron chi connectivity index (χ2n) is 6.36. The van der Waals surface area contributed by atoms with E-state index in [-0.39, 0.29) is 11.6 Å². The Morgan fingerprint density at radius 2 is 2.10 bits per heavy atom. The molecule has 2 aromatic rings. The van der Waals surface area contributed by atoms with Crippen molar-refractivity contribution < 1.29 is 23.4 Å². The zero-order chi connectivity index (χ0) is 21.0. The zero-order valence-electron chi connectivity index (χ0n) is 16.0. The molecule has 0 unspecified atom stereocenters. The summed E-state index contributed by atoms with van der Waals surface area (Å²) >= 11 is 2.15. The topological polar surface area (TPSA) is 57.1 Å². The van der Waals surface area contributed by atoms with Gasteiger partial charge in [0.15, 0.2) is 17.2 Å². The normalized spacial score (nSPS) is 14.6. The Balaban J connectivity index is 1.94. The summed E-state index contributed by atoms with van der Waals surface area (Å²) in [6.07, 6.45) is 1.60. The number of hydrogen-bond donors (Lipinski definition) is 0. The molecule has 7 heteroatoms. The SMILES string of the molecule is C=C(C)COc1c(I)cc(C=C2N=C(c3cccc(F)c3)OC2=O)cc1OCC. The van der Waals surface area contributed by atoms with Crippen molar-refractivity contribution in [1.29, 1.82) is 0 Å². The van der Waals surface area contributed by atoms with Crippen LogP contribution >= 0.6 is 22.6 Å². The average Bonchev–Trinajstić information content (AvgIpc) is 3.02. The summed E-state index contributed by atoms with van der Waals surface area (Å²) < 4.78 is 31.0. The Hall–Kier alpha value is -2.68. The first-order chi connectivity index (χ1) is 13.9. The minimum atomic E-state index is -0.597. The number of hydrogen-bond acceptors (Lipinski definition) is 5. The van der Waals surface area contributed by atoms with Gasteiger partial charge in [-0.15, -0.1) is 0 Å². The molecule has 0 radical (unpaired) electrons. The Labute approximate surface area is 182 Å². The number of rotatable bonds is 7. The molecule has 3 rings (SSSR count). The van der Waals surface area contributed by atoms with Gasteiger partial charge in [-0.05, 0) is 84.0 Å². The molecule has 1 heterocycles. The molecule has 0 amide bonds. The smallest absolute Gasteiger partial charge is 0.363 e. The van der Waals surface area contributed by atoms with Crippen molar-refractivity contribution in [2.75, 3.05) is 13.2 Å². The number of cyclic esters (lactones) is 1. The highest BCUT2D eigenvalue weighted by atomic mass is 127. The first kappa shape index (κ1) is 21.0. The van der Waals surface area contributed by atoms with Crippen molar-refractivity contribution in [3.63, 3.8) is 0 Å². The third kappa shape index (κ3) is 5.23. The highest BCUT2D eigenvalue weighted by Crippen LogP contribution is 2.35. The summed E-state index contributed by atoms with van der Waals surface area (Å²) in [6, 6.07) is 9.36. The van der Waals surface area contributed by atoms with Gasteiger partial charge < -0.3 is 14.2 Å². The van der Waals surface area contributed by atoms with E-state index < -0.39 is 11.8 Å². The second-order valence-corrected chi connectivity index (χ2v) is 7.52. The van der Waals surface area contributed by atoms with Gasteiger partial charge in [-0.3, -0.25) is 0 Å². The minimum Gasteiger partial charge on any atom is -0.490 e. The number of carbonyl (C=O) groups excluding carboxylic acids is 1. The van der Waals surface area contributed by atoms with Gasteiger partial charge in [0.2, 0.25) is 5.90 Å². The first-order valence-corrected chi connectivity index (χ1v) is 9.97. The lowest BCUT2D eigenvalue weighted by molar-refractivity contribution is -0.129. The van der Waals surface area contributed by atoms with Gasteiger partial charge in [-0.25, -0.2) is 14.2 Å². The van der Waals surface area contributed by atoms with E-state index in [4.69, 9.17) is 14.2 Å². The molecule has 150 valence electrons. The van der Waals surface area contributed by atoms with E-state index in [0.29, 0.717) is 35.8 Å². The largest absolute Gasteiger partial charge is 0.490 e. The van der Waals surface area contributed by atoms with Crippen molar-refractivity contribution in [3.05, 3.63) is 74.8 Å². The van der Waals surface area contributed by atoms with Crippen LogP contribution in [0.5, 0.6) is 11.5 Å². The Bertz CT molecular complexity index is 1030. The van der Waals surface area contributed by atoms with Crippen LogP contribution in [-0.2, 0) is 9.53 Å². The number of benzene rings is 2. The molecule has 0 saturated heterocycles. The fourth-order valence-electron chi connectivity index (χ4n) is 2.58. The first-order valence-electron chi connectivity index (χ1n) is 8.89. The van der Waals surface area contributed by atoms with E-state index in [1.165, 1.54) is 18.2 Å². The Kier molecular flexibility index (Phi) is 6.68. The van der Waals surface area contributed by atoms with Crippen LogP contribution in [-0.4, -0.2) is 25.1 Å². The molecule has 0 bridgehead atoms. The summed E-state index contributed by atoms with van der Waals surface area (Å²) in [6.45, 7) is 8.44. The van der Waals surface area contributed by atoms with Crippen LogP contribution < -0.4 is 9.47 Å². The number of carbonyl (C=O) groups is 1. The number of aliphatic imine (C=N–C) groups is 1. The lowest BCUT2D eigenvalue weighted by atomic mass is 10.1. The van der Waals surface area contributed by atoms with Crippen molar-refractivity contribution in [2.24, 2.45) is 4.99 Å². The van der Waals surface area contributed by atoms with Crippen LogP contribution in [0.2, 0.25) is 0 Å². The van der Waals surface area contributed by atoms with E-state index in [1.807, 2.05) is 19.9 Å². The highest BCUT2D eigenvalue weighted by Gasteiger charge is 2.24. The average molecular weight is 507 g/mol. The summed E-state index contributed by atoms with van der Waals surface area (Å²) in [7, 11) is 0. The minimum absolute atomic E-state index is 0.0712. The number of halogens is 2. The predicted molar refractivity (Wildman–Crippen MR) is 118 cm³/mol. The van der Waals surface area contributed by atoms with Gasteiger partial charge in [0.05, 0.1) is 10.2 Å². The maximum Gasteiger partial charge on any atom is 0.363 e. The number of ether oxygens (including phenoxy) is 3. The van der Waals surface area contributed by atoms with Gasteiger partial charge in [-0.2, -0.15) is 0 Å². The lowest BCUT2D eigenvalue weighted by Gasteiger charge is -2.14. The van der Waals surface area contributed by atoms with E-state index in [1.54, 1.807) is 18.2 Å². The van der Waals surface area contributed by atoms with Gasteiger partial charge >= 0.3 is 5.97 Å². The van der Waals surface area contributed by atoms with Gasteiger partial charge in [0.1, 0.15) is 12.4 Å². The summed E-state index contributed by atoms with van der Waals surface area (Å²) in [5.41, 5.74) is 2.12. The van der Waals surface area contributed by atoms with Crippen LogP contribution in [0.4, 0.5) is 4.39 Å². The second kappa shape index (κ2) is 9.21. The molecule has 1 aliphatic rings. The quantitative estimate of drug-likeness (QED) is 0.226. The van der Waals surface area contributed by atoms with Crippen LogP contribution in [0, 0.1) is 9.39 Å². The molecule has 29 heavy (non-hydrogen) atoms. The van der Waals surface area contributed by atoms with Crippen molar-refractivity contribution in [1.82, 2.24) is 0 Å². The number of esters is 1. The maximum absolute atomic E-state index is 13.4. The van der Waals surface area contributed by atoms with Crippen molar-refractivity contribution >= 4 is 40.5 Å².